The fraction of sp³-hybridized carbons (Fsp3) is 0.421. The summed E-state index contributed by atoms with van der Waals surface area (Å²) in [5.41, 5.74) is 0.493. The fourth-order valence-electron chi connectivity index (χ4n) is 2.45. The van der Waals surface area contributed by atoms with E-state index in [2.05, 4.69) is 16.6 Å². The average molecular weight is 451 g/mol. The number of hydrogen-bond donors (Lipinski definition) is 3. The first-order valence-corrected chi connectivity index (χ1v) is 9.17. The molecule has 1 aromatic rings. The third-order valence-electron chi connectivity index (χ3n) is 4.20. The number of carbonyl (C=O) groups is 3. The van der Waals surface area contributed by atoms with Gasteiger partial charge in [-0.05, 0) is 23.6 Å². The molecule has 0 aromatic heterocycles. The minimum absolute atomic E-state index is 0.0166. The molecule has 7 nitrogen and oxygen atoms in total. The fourth-order valence-corrected chi connectivity index (χ4v) is 2.61. The number of rotatable bonds is 9. The molecule has 0 aliphatic heterocycles. The molecule has 1 aromatic carbocycles. The molecule has 0 aliphatic carbocycles. The van der Waals surface area contributed by atoms with Gasteiger partial charge >= 0.3 is 18.2 Å². The molecule has 1 rings (SSSR count). The van der Waals surface area contributed by atoms with Gasteiger partial charge in [-0.1, -0.05) is 44.2 Å². The Morgan fingerprint density at radius 3 is 2.47 bits per heavy atom. The molecule has 0 radical (unpaired) electrons. The molecule has 0 aliphatic rings. The van der Waals surface area contributed by atoms with Crippen molar-refractivity contribution in [2.45, 2.75) is 38.4 Å². The summed E-state index contributed by atoms with van der Waals surface area (Å²) in [6.07, 6.45) is -4.98. The Labute approximate surface area is 176 Å². The van der Waals surface area contributed by atoms with Crippen LogP contribution in [-0.4, -0.2) is 41.9 Å². The minimum Gasteiger partial charge on any atom is -0.481 e. The smallest absolute Gasteiger partial charge is 0.408 e. The van der Waals surface area contributed by atoms with Crippen LogP contribution in [0, 0.1) is 5.92 Å². The number of carboxylic acids is 1. The Balaban J connectivity index is 3.11. The number of alkyl carbamates (subject to hydrolysis) is 1. The lowest BCUT2D eigenvalue weighted by molar-refractivity contribution is -0.178. The van der Waals surface area contributed by atoms with Gasteiger partial charge < -0.3 is 20.5 Å². The summed E-state index contributed by atoms with van der Waals surface area (Å²) in [5.74, 6) is -4.88. The van der Waals surface area contributed by atoms with E-state index in [0.29, 0.717) is 5.56 Å². The van der Waals surface area contributed by atoms with E-state index in [0.717, 1.165) is 6.92 Å². The lowest BCUT2D eigenvalue weighted by Crippen LogP contribution is -2.52. The van der Waals surface area contributed by atoms with Gasteiger partial charge in [-0.2, -0.15) is 13.2 Å². The first kappa shape index (κ1) is 25.3. The Kier molecular flexibility index (Phi) is 9.16. The third kappa shape index (κ3) is 7.58. The van der Waals surface area contributed by atoms with Crippen LogP contribution in [0.25, 0.3) is 0 Å². The number of aliphatic carboxylic acids is 1. The highest BCUT2D eigenvalue weighted by atomic mass is 35.5. The number of carboxylic acid groups (broad SMARTS) is 1. The van der Waals surface area contributed by atoms with Crippen LogP contribution >= 0.6 is 11.6 Å². The van der Waals surface area contributed by atoms with Gasteiger partial charge in [0.05, 0.1) is 23.0 Å². The number of benzene rings is 1. The largest absolute Gasteiger partial charge is 0.481 e. The van der Waals surface area contributed by atoms with E-state index in [4.69, 9.17) is 16.7 Å². The van der Waals surface area contributed by atoms with Gasteiger partial charge in [0.25, 0.3) is 0 Å². The van der Waals surface area contributed by atoms with E-state index in [-0.39, 0.29) is 23.7 Å². The van der Waals surface area contributed by atoms with Crippen molar-refractivity contribution >= 4 is 35.3 Å². The zero-order valence-electron chi connectivity index (χ0n) is 16.3. The van der Waals surface area contributed by atoms with Crippen molar-refractivity contribution in [3.63, 3.8) is 0 Å². The van der Waals surface area contributed by atoms with Crippen molar-refractivity contribution < 1.29 is 37.4 Å². The van der Waals surface area contributed by atoms with Gasteiger partial charge in [0, 0.05) is 0 Å². The minimum atomic E-state index is -4.78. The Hall–Kier alpha value is -2.75. The highest BCUT2D eigenvalue weighted by Crippen LogP contribution is 2.31. The van der Waals surface area contributed by atoms with E-state index in [1.165, 1.54) is 18.2 Å². The van der Waals surface area contributed by atoms with Crippen molar-refractivity contribution in [2.24, 2.45) is 5.92 Å². The van der Waals surface area contributed by atoms with Crippen molar-refractivity contribution in [1.82, 2.24) is 5.32 Å². The van der Waals surface area contributed by atoms with E-state index in [1.54, 1.807) is 13.0 Å². The van der Waals surface area contributed by atoms with Crippen LogP contribution in [0.5, 0.6) is 0 Å². The predicted octanol–water partition coefficient (Wildman–Crippen LogP) is 4.34. The second kappa shape index (κ2) is 10.9. The number of alkyl halides is 3. The molecule has 11 heteroatoms. The summed E-state index contributed by atoms with van der Waals surface area (Å²) in [7, 11) is 0. The van der Waals surface area contributed by atoms with Crippen LogP contribution in [0.1, 0.15) is 31.7 Å². The van der Waals surface area contributed by atoms with Crippen molar-refractivity contribution in [1.29, 1.82) is 0 Å². The maximum Gasteiger partial charge on any atom is 0.408 e. The second-order valence-corrected chi connectivity index (χ2v) is 6.97. The maximum atomic E-state index is 13.2. The first-order valence-electron chi connectivity index (χ1n) is 8.79. The predicted molar refractivity (Wildman–Crippen MR) is 104 cm³/mol. The van der Waals surface area contributed by atoms with Gasteiger partial charge in [0.2, 0.25) is 5.91 Å². The van der Waals surface area contributed by atoms with Gasteiger partial charge in [-0.15, -0.1) is 0 Å². The molecule has 3 N–H and O–H groups in total. The van der Waals surface area contributed by atoms with Gasteiger partial charge in [0.15, 0.2) is 0 Å². The maximum absolute atomic E-state index is 13.2. The number of ether oxygens (including phenoxy) is 1. The summed E-state index contributed by atoms with van der Waals surface area (Å²) in [6.45, 7) is 5.43. The quantitative estimate of drug-likeness (QED) is 0.485. The van der Waals surface area contributed by atoms with Crippen LogP contribution in [0.3, 0.4) is 0 Å². The SMILES string of the molecule is C=CCOC(=O)N[C@H](C(=O)Nc1cc([C@@H](C)CC(=O)O)ccc1Cl)C(C)C(F)(F)F. The molecule has 2 amide bonds. The Bertz CT molecular complexity index is 801. The van der Waals surface area contributed by atoms with Crippen LogP contribution in [-0.2, 0) is 14.3 Å². The number of carbonyl (C=O) groups excluding carboxylic acids is 2. The average Bonchev–Trinajstić information content (AvgIpc) is 2.64. The molecule has 30 heavy (non-hydrogen) atoms. The van der Waals surface area contributed by atoms with E-state index >= 15 is 0 Å². The number of anilines is 1. The van der Waals surface area contributed by atoms with E-state index < -0.39 is 42.0 Å². The van der Waals surface area contributed by atoms with Crippen molar-refractivity contribution in [3.05, 3.63) is 41.4 Å². The first-order chi connectivity index (χ1) is 13.9. The van der Waals surface area contributed by atoms with Gasteiger partial charge in [-0.3, -0.25) is 9.59 Å². The third-order valence-corrected chi connectivity index (χ3v) is 4.53. The van der Waals surface area contributed by atoms with Crippen LogP contribution in [0.4, 0.5) is 23.7 Å². The summed E-state index contributed by atoms with van der Waals surface area (Å²) >= 11 is 6.02. The Morgan fingerprint density at radius 1 is 1.30 bits per heavy atom. The molecule has 166 valence electrons. The summed E-state index contributed by atoms with van der Waals surface area (Å²) < 4.78 is 44.2. The number of hydrogen-bond acceptors (Lipinski definition) is 4. The molecule has 3 atom stereocenters. The molecule has 0 spiro atoms. The molecule has 0 saturated heterocycles. The molecule has 0 saturated carbocycles. The molecule has 1 unspecified atom stereocenters. The van der Waals surface area contributed by atoms with Crippen molar-refractivity contribution in [2.75, 3.05) is 11.9 Å². The van der Waals surface area contributed by atoms with Crippen LogP contribution in [0.2, 0.25) is 5.02 Å². The lowest BCUT2D eigenvalue weighted by Gasteiger charge is -2.26. The topological polar surface area (TPSA) is 105 Å². The summed E-state index contributed by atoms with van der Waals surface area (Å²) in [4.78, 5) is 35.2. The number of halogens is 4. The molecule has 0 bridgehead atoms. The lowest BCUT2D eigenvalue weighted by atomic mass is 9.97. The number of nitrogens with one attached hydrogen (secondary N) is 2. The second-order valence-electron chi connectivity index (χ2n) is 6.57. The van der Waals surface area contributed by atoms with E-state index in [1.807, 2.05) is 5.32 Å². The Morgan fingerprint density at radius 2 is 1.93 bits per heavy atom. The number of amides is 2. The summed E-state index contributed by atoms with van der Waals surface area (Å²) in [5, 5.41) is 13.1. The molecule has 0 fully saturated rings. The van der Waals surface area contributed by atoms with Crippen LogP contribution < -0.4 is 10.6 Å². The molecule has 0 heterocycles. The summed E-state index contributed by atoms with van der Waals surface area (Å²) in [6, 6.07) is 2.31. The monoisotopic (exact) mass is 450 g/mol. The normalized spacial score (nSPS) is 14.2. The van der Waals surface area contributed by atoms with Gasteiger partial charge in [0.1, 0.15) is 12.6 Å². The molecular weight excluding hydrogens is 429 g/mol. The molecular formula is C19H22ClF3N2O5. The van der Waals surface area contributed by atoms with Crippen molar-refractivity contribution in [3.8, 4) is 0 Å². The zero-order chi connectivity index (χ0) is 23.1. The standard InChI is InChI=1S/C19H22ClF3N2O5/c1-4-7-30-18(29)25-16(11(3)19(21,22)23)17(28)24-14-9-12(5-6-13(14)20)10(2)8-15(26)27/h4-6,9-11,16H,1,7-8H2,2-3H3,(H,24,28)(H,25,29)(H,26,27)/t10-,11?,16-/m0/s1. The highest BCUT2D eigenvalue weighted by molar-refractivity contribution is 6.33. The zero-order valence-corrected chi connectivity index (χ0v) is 17.0. The van der Waals surface area contributed by atoms with Crippen LogP contribution in [0.15, 0.2) is 30.9 Å². The highest BCUT2D eigenvalue weighted by Gasteiger charge is 2.45. The van der Waals surface area contributed by atoms with E-state index in [9.17, 15) is 27.6 Å². The van der Waals surface area contributed by atoms with Gasteiger partial charge in [-0.25, -0.2) is 4.79 Å².